The van der Waals surface area contributed by atoms with Gasteiger partial charge in [0.05, 0.1) is 12.2 Å². The van der Waals surface area contributed by atoms with Crippen molar-refractivity contribution in [3.8, 4) is 0 Å². The first-order chi connectivity index (χ1) is 9.20. The number of nitrogens with zero attached hydrogens (tertiary/aromatic N) is 1. The second-order valence-corrected chi connectivity index (χ2v) is 4.70. The van der Waals surface area contributed by atoms with Crippen molar-refractivity contribution < 1.29 is 0 Å². The normalized spacial score (nSPS) is 10.2. The van der Waals surface area contributed by atoms with Gasteiger partial charge in [-0.15, -0.1) is 0 Å². The molecule has 0 fully saturated rings. The molecule has 0 spiro atoms. The molecular weight excluding hydrogens is 254 g/mol. The number of aryl methyl sites for hydroxylation is 1. The molecule has 0 amide bonds. The summed E-state index contributed by atoms with van der Waals surface area (Å²) in [6.45, 7) is 2.86. The zero-order chi connectivity index (χ0) is 13.7. The van der Waals surface area contributed by atoms with Crippen LogP contribution in [0.3, 0.4) is 0 Å². The number of nitrogens with one attached hydrogen (secondary N) is 1. The van der Waals surface area contributed by atoms with Gasteiger partial charge in [0, 0.05) is 17.4 Å². The van der Waals surface area contributed by atoms with Crippen LogP contribution >= 0.6 is 12.2 Å². The largest absolute Gasteiger partial charge is 0.389 e. The predicted octanol–water partition coefficient (Wildman–Crippen LogP) is 2.89. The number of hydrogen-bond donors (Lipinski definition) is 2. The monoisotopic (exact) mass is 271 g/mol. The Labute approximate surface area is 118 Å². The average Bonchev–Trinajstić information content (AvgIpc) is 2.45. The fourth-order valence-electron chi connectivity index (χ4n) is 1.89. The van der Waals surface area contributed by atoms with E-state index >= 15 is 0 Å². The van der Waals surface area contributed by atoms with Crippen molar-refractivity contribution in [2.45, 2.75) is 19.9 Å². The maximum atomic E-state index is 5.57. The van der Waals surface area contributed by atoms with Crippen LogP contribution in [0.4, 0.5) is 5.69 Å². The zero-order valence-corrected chi connectivity index (χ0v) is 11.7. The molecule has 2 rings (SSSR count). The van der Waals surface area contributed by atoms with Gasteiger partial charge in [0.15, 0.2) is 0 Å². The fraction of sp³-hybridized carbons (Fsp3) is 0.200. The van der Waals surface area contributed by atoms with Crippen molar-refractivity contribution in [1.82, 2.24) is 4.98 Å². The van der Waals surface area contributed by atoms with Crippen molar-refractivity contribution in [3.05, 3.63) is 59.4 Å². The van der Waals surface area contributed by atoms with Crippen molar-refractivity contribution in [2.75, 3.05) is 5.32 Å². The molecule has 0 radical (unpaired) electrons. The second kappa shape index (κ2) is 6.29. The van der Waals surface area contributed by atoms with Gasteiger partial charge in [-0.05, 0) is 42.3 Å². The Kier molecular flexibility index (Phi) is 4.47. The van der Waals surface area contributed by atoms with Crippen LogP contribution in [0.15, 0.2) is 42.6 Å². The molecule has 0 unspecified atom stereocenters. The summed E-state index contributed by atoms with van der Waals surface area (Å²) in [4.78, 5) is 4.83. The number of hydrogen-bond acceptors (Lipinski definition) is 3. The summed E-state index contributed by atoms with van der Waals surface area (Å²) >= 11 is 4.93. The first-order valence-electron chi connectivity index (χ1n) is 6.27. The van der Waals surface area contributed by atoms with Crippen LogP contribution < -0.4 is 11.1 Å². The number of thiocarbonyl (C=S) groups is 1. The lowest BCUT2D eigenvalue weighted by molar-refractivity contribution is 0.972. The first-order valence-corrected chi connectivity index (χ1v) is 6.68. The van der Waals surface area contributed by atoms with Gasteiger partial charge in [-0.1, -0.05) is 25.2 Å². The van der Waals surface area contributed by atoms with Crippen LogP contribution in [0.2, 0.25) is 0 Å². The molecule has 3 N–H and O–H groups in total. The quantitative estimate of drug-likeness (QED) is 0.821. The maximum absolute atomic E-state index is 5.57. The molecule has 19 heavy (non-hydrogen) atoms. The van der Waals surface area contributed by atoms with Crippen molar-refractivity contribution >= 4 is 22.9 Å². The van der Waals surface area contributed by atoms with E-state index in [-0.39, 0.29) is 0 Å². The highest BCUT2D eigenvalue weighted by Gasteiger charge is 2.01. The third kappa shape index (κ3) is 3.51. The van der Waals surface area contributed by atoms with E-state index in [1.165, 1.54) is 5.56 Å². The van der Waals surface area contributed by atoms with E-state index in [1.54, 1.807) is 0 Å². The van der Waals surface area contributed by atoms with Gasteiger partial charge in [0.2, 0.25) is 0 Å². The number of rotatable bonds is 5. The SMILES string of the molecule is CCc1cccnc1CNc1ccc(C(N)=S)cc1. The van der Waals surface area contributed by atoms with Gasteiger partial charge >= 0.3 is 0 Å². The third-order valence-electron chi connectivity index (χ3n) is 2.99. The number of benzene rings is 1. The van der Waals surface area contributed by atoms with E-state index in [2.05, 4.69) is 23.3 Å². The number of anilines is 1. The highest BCUT2D eigenvalue weighted by atomic mass is 32.1. The minimum Gasteiger partial charge on any atom is -0.389 e. The molecule has 3 nitrogen and oxygen atoms in total. The lowest BCUT2D eigenvalue weighted by Crippen LogP contribution is -2.09. The predicted molar refractivity (Wildman–Crippen MR) is 83.3 cm³/mol. The minimum atomic E-state index is 0.421. The summed E-state index contributed by atoms with van der Waals surface area (Å²) in [6.07, 6.45) is 2.82. The van der Waals surface area contributed by atoms with Crippen LogP contribution in [0.5, 0.6) is 0 Å². The molecule has 0 bridgehead atoms. The van der Waals surface area contributed by atoms with Crippen molar-refractivity contribution in [1.29, 1.82) is 0 Å². The van der Waals surface area contributed by atoms with Crippen molar-refractivity contribution in [3.63, 3.8) is 0 Å². The Balaban J connectivity index is 2.04. The van der Waals surface area contributed by atoms with Gasteiger partial charge in [0.25, 0.3) is 0 Å². The molecule has 4 heteroatoms. The number of aromatic nitrogens is 1. The van der Waals surface area contributed by atoms with Gasteiger partial charge in [-0.3, -0.25) is 4.98 Å². The molecule has 0 aliphatic rings. The van der Waals surface area contributed by atoms with Crippen LogP contribution in [-0.4, -0.2) is 9.97 Å². The molecular formula is C15H17N3S. The Morgan fingerprint density at radius 1 is 1.26 bits per heavy atom. The van der Waals surface area contributed by atoms with Crippen LogP contribution in [0.25, 0.3) is 0 Å². The summed E-state index contributed by atoms with van der Waals surface area (Å²) < 4.78 is 0. The van der Waals surface area contributed by atoms with E-state index in [0.29, 0.717) is 4.99 Å². The smallest absolute Gasteiger partial charge is 0.103 e. The van der Waals surface area contributed by atoms with Crippen molar-refractivity contribution in [2.24, 2.45) is 5.73 Å². The van der Waals surface area contributed by atoms with E-state index in [1.807, 2.05) is 36.5 Å². The topological polar surface area (TPSA) is 50.9 Å². The number of nitrogens with two attached hydrogens (primary N) is 1. The highest BCUT2D eigenvalue weighted by Crippen LogP contribution is 2.12. The molecule has 2 aromatic rings. The minimum absolute atomic E-state index is 0.421. The Morgan fingerprint density at radius 2 is 2.00 bits per heavy atom. The Hall–Kier alpha value is -1.94. The van der Waals surface area contributed by atoms with Crippen LogP contribution in [0.1, 0.15) is 23.7 Å². The van der Waals surface area contributed by atoms with Gasteiger partial charge in [0.1, 0.15) is 4.99 Å². The average molecular weight is 271 g/mol. The fourth-order valence-corrected chi connectivity index (χ4v) is 2.03. The van der Waals surface area contributed by atoms with E-state index in [0.717, 1.165) is 29.9 Å². The summed E-state index contributed by atoms with van der Waals surface area (Å²) in [5, 5.41) is 3.36. The molecule has 0 saturated carbocycles. The molecule has 1 heterocycles. The zero-order valence-electron chi connectivity index (χ0n) is 10.9. The summed E-state index contributed by atoms with van der Waals surface area (Å²) in [5.41, 5.74) is 9.84. The molecule has 98 valence electrons. The lowest BCUT2D eigenvalue weighted by Gasteiger charge is -2.09. The van der Waals surface area contributed by atoms with Gasteiger partial charge < -0.3 is 11.1 Å². The number of pyridine rings is 1. The lowest BCUT2D eigenvalue weighted by atomic mass is 10.1. The Morgan fingerprint density at radius 3 is 2.63 bits per heavy atom. The molecule has 0 aliphatic carbocycles. The molecule has 0 saturated heterocycles. The van der Waals surface area contributed by atoms with E-state index in [9.17, 15) is 0 Å². The highest BCUT2D eigenvalue weighted by molar-refractivity contribution is 7.80. The standard InChI is InChI=1S/C15H17N3S/c1-2-11-4-3-9-17-14(11)10-18-13-7-5-12(6-8-13)15(16)19/h3-9,18H,2,10H2,1H3,(H2,16,19). The van der Waals surface area contributed by atoms with Gasteiger partial charge in [-0.2, -0.15) is 0 Å². The molecule has 0 aliphatic heterocycles. The van der Waals surface area contributed by atoms with Crippen LogP contribution in [0, 0.1) is 0 Å². The molecule has 1 aromatic carbocycles. The van der Waals surface area contributed by atoms with Gasteiger partial charge in [-0.25, -0.2) is 0 Å². The van der Waals surface area contributed by atoms with E-state index < -0.39 is 0 Å². The maximum Gasteiger partial charge on any atom is 0.103 e. The third-order valence-corrected chi connectivity index (χ3v) is 3.23. The van der Waals surface area contributed by atoms with Crippen LogP contribution in [-0.2, 0) is 13.0 Å². The molecule has 1 aromatic heterocycles. The molecule has 0 atom stereocenters. The first kappa shape index (κ1) is 13.5. The van der Waals surface area contributed by atoms with E-state index in [4.69, 9.17) is 18.0 Å². The second-order valence-electron chi connectivity index (χ2n) is 4.26. The Bertz CT molecular complexity index is 564. The summed E-state index contributed by atoms with van der Waals surface area (Å²) in [6, 6.07) is 11.9. The summed E-state index contributed by atoms with van der Waals surface area (Å²) in [7, 11) is 0. The summed E-state index contributed by atoms with van der Waals surface area (Å²) in [5.74, 6) is 0.